The fourth-order valence-corrected chi connectivity index (χ4v) is 2.39. The maximum absolute atomic E-state index is 12.6. The number of amides is 2. The van der Waals surface area contributed by atoms with E-state index in [1.165, 1.54) is 11.2 Å². The summed E-state index contributed by atoms with van der Waals surface area (Å²) in [4.78, 5) is 14.1. The van der Waals surface area contributed by atoms with Crippen LogP contribution < -0.4 is 10.1 Å². The van der Waals surface area contributed by atoms with Crippen LogP contribution >= 0.6 is 0 Å². The monoisotopic (exact) mass is 357 g/mol. The first kappa shape index (κ1) is 17.4. The number of aryl methyl sites for hydroxylation is 1. The molecule has 2 heterocycles. The fraction of sp³-hybridized carbons (Fsp3) is 0.312. The predicted molar refractivity (Wildman–Crippen MR) is 92.1 cm³/mol. The summed E-state index contributed by atoms with van der Waals surface area (Å²) in [6, 6.07) is 6.43. The lowest BCUT2D eigenvalue weighted by Gasteiger charge is -2.23. The van der Waals surface area contributed by atoms with Gasteiger partial charge in [0.25, 0.3) is 0 Å². The van der Waals surface area contributed by atoms with Crippen LogP contribution in [0.2, 0.25) is 0 Å². The third kappa shape index (κ3) is 3.48. The van der Waals surface area contributed by atoms with E-state index < -0.39 is 0 Å². The zero-order chi connectivity index (χ0) is 18.7. The molecule has 0 unspecified atom stereocenters. The Balaban J connectivity index is 1.82. The Morgan fingerprint density at radius 1 is 1.38 bits per heavy atom. The number of carbonyl (C=O) groups is 1. The first-order valence-electron chi connectivity index (χ1n) is 7.88. The summed E-state index contributed by atoms with van der Waals surface area (Å²) in [6.45, 7) is 3.64. The highest BCUT2D eigenvalue weighted by molar-refractivity contribution is 5.90. The van der Waals surface area contributed by atoms with Gasteiger partial charge in [-0.1, -0.05) is 5.16 Å². The first-order chi connectivity index (χ1) is 12.5. The molecule has 1 atom stereocenters. The molecule has 1 aromatic carbocycles. The van der Waals surface area contributed by atoms with Gasteiger partial charge in [0.1, 0.15) is 17.7 Å². The first-order valence-corrected chi connectivity index (χ1v) is 7.88. The molecule has 2 aromatic heterocycles. The van der Waals surface area contributed by atoms with Gasteiger partial charge in [0.2, 0.25) is 0 Å². The number of aromatic nitrogens is 5. The van der Waals surface area contributed by atoms with Gasteiger partial charge in [0.05, 0.1) is 18.8 Å². The van der Waals surface area contributed by atoms with E-state index in [0.717, 1.165) is 0 Å². The average Bonchev–Trinajstić information content (AvgIpc) is 3.31. The molecule has 1 N–H and O–H groups in total. The molecule has 0 bridgehead atoms. The van der Waals surface area contributed by atoms with Gasteiger partial charge in [0.15, 0.2) is 5.82 Å². The summed E-state index contributed by atoms with van der Waals surface area (Å²) in [5.41, 5.74) is 1.89. The lowest BCUT2D eigenvalue weighted by molar-refractivity contribution is 0.206. The summed E-state index contributed by atoms with van der Waals surface area (Å²) in [7, 11) is 3.23. The average molecular weight is 357 g/mol. The summed E-state index contributed by atoms with van der Waals surface area (Å²) >= 11 is 0. The number of ether oxygens (including phenoxy) is 1. The van der Waals surface area contributed by atoms with Crippen molar-refractivity contribution < 1.29 is 14.1 Å². The molecule has 10 heteroatoms. The molecule has 0 radical (unpaired) electrons. The smallest absolute Gasteiger partial charge is 0.322 e. The topological polar surface area (TPSA) is 111 Å². The number of anilines is 1. The van der Waals surface area contributed by atoms with E-state index in [1.807, 2.05) is 6.92 Å². The Morgan fingerprint density at radius 3 is 2.81 bits per heavy atom. The predicted octanol–water partition coefficient (Wildman–Crippen LogP) is 2.19. The van der Waals surface area contributed by atoms with Gasteiger partial charge in [-0.3, -0.25) is 0 Å². The van der Waals surface area contributed by atoms with E-state index in [-0.39, 0.29) is 12.1 Å². The van der Waals surface area contributed by atoms with Crippen LogP contribution in [0.5, 0.6) is 5.75 Å². The molecule has 3 aromatic rings. The number of nitrogens with one attached hydrogen (secondary N) is 1. The highest BCUT2D eigenvalue weighted by Crippen LogP contribution is 2.25. The number of hydrogen-bond donors (Lipinski definition) is 1. The van der Waals surface area contributed by atoms with Crippen LogP contribution in [-0.2, 0) is 0 Å². The Bertz CT molecular complexity index is 891. The second-order valence-electron chi connectivity index (χ2n) is 5.70. The van der Waals surface area contributed by atoms with Crippen LogP contribution in [0.15, 0.2) is 35.1 Å². The lowest BCUT2D eigenvalue weighted by atomic mass is 10.2. The molecule has 0 aliphatic carbocycles. The van der Waals surface area contributed by atoms with E-state index in [2.05, 4.69) is 26.0 Å². The zero-order valence-electron chi connectivity index (χ0n) is 14.9. The minimum Gasteiger partial charge on any atom is -0.497 e. The quantitative estimate of drug-likeness (QED) is 0.745. The fourth-order valence-electron chi connectivity index (χ4n) is 2.39. The second-order valence-corrected chi connectivity index (χ2v) is 5.70. The lowest BCUT2D eigenvalue weighted by Crippen LogP contribution is -2.33. The van der Waals surface area contributed by atoms with Gasteiger partial charge >= 0.3 is 6.03 Å². The number of urea groups is 1. The molecule has 136 valence electrons. The molecule has 2 amide bonds. The number of methoxy groups -OCH3 is 1. The standard InChI is InChI=1S/C16H19N7O3/c1-10(15-5-6-26-19-15)22(3)16(24)17-12-7-13(9-14(8-12)25-4)23-11(2)18-20-21-23/h5-10H,1-4H3,(H,17,24)/t10-/m1/s1. The van der Waals surface area contributed by atoms with E-state index in [1.54, 1.807) is 50.0 Å². The Kier molecular flexibility index (Phi) is 4.83. The largest absolute Gasteiger partial charge is 0.497 e. The third-order valence-corrected chi connectivity index (χ3v) is 4.04. The Labute approximate surface area is 149 Å². The van der Waals surface area contributed by atoms with Gasteiger partial charge in [-0.2, -0.15) is 4.68 Å². The van der Waals surface area contributed by atoms with Crippen LogP contribution in [0.4, 0.5) is 10.5 Å². The van der Waals surface area contributed by atoms with Crippen LogP contribution in [0, 0.1) is 6.92 Å². The normalized spacial score (nSPS) is 11.8. The van der Waals surface area contributed by atoms with Crippen LogP contribution in [0.3, 0.4) is 0 Å². The summed E-state index contributed by atoms with van der Waals surface area (Å²) in [5.74, 6) is 1.19. The highest BCUT2D eigenvalue weighted by Gasteiger charge is 2.20. The van der Waals surface area contributed by atoms with Crippen molar-refractivity contribution in [2.45, 2.75) is 19.9 Å². The van der Waals surface area contributed by atoms with Crippen molar-refractivity contribution in [2.24, 2.45) is 0 Å². The number of carbonyl (C=O) groups excluding carboxylic acids is 1. The maximum Gasteiger partial charge on any atom is 0.322 e. The zero-order valence-corrected chi connectivity index (χ0v) is 14.9. The Morgan fingerprint density at radius 2 is 2.19 bits per heavy atom. The van der Waals surface area contributed by atoms with Crippen molar-refractivity contribution in [1.82, 2.24) is 30.3 Å². The van der Waals surface area contributed by atoms with E-state index in [9.17, 15) is 4.79 Å². The molecule has 0 aliphatic heterocycles. The van der Waals surface area contributed by atoms with Crippen molar-refractivity contribution >= 4 is 11.7 Å². The maximum atomic E-state index is 12.6. The van der Waals surface area contributed by atoms with Gasteiger partial charge in [-0.15, -0.1) is 5.10 Å². The number of rotatable bonds is 5. The van der Waals surface area contributed by atoms with Crippen molar-refractivity contribution in [3.63, 3.8) is 0 Å². The van der Waals surface area contributed by atoms with Crippen molar-refractivity contribution in [2.75, 3.05) is 19.5 Å². The molecule has 26 heavy (non-hydrogen) atoms. The molecule has 0 spiro atoms. The van der Waals surface area contributed by atoms with Crippen molar-refractivity contribution in [1.29, 1.82) is 0 Å². The summed E-state index contributed by atoms with van der Waals surface area (Å²) < 4.78 is 11.7. The summed E-state index contributed by atoms with van der Waals surface area (Å²) in [5, 5.41) is 18.2. The Hall–Kier alpha value is -3.43. The van der Waals surface area contributed by atoms with Crippen molar-refractivity contribution in [3.05, 3.63) is 42.0 Å². The van der Waals surface area contributed by atoms with Crippen molar-refractivity contribution in [3.8, 4) is 11.4 Å². The molecule has 10 nitrogen and oxygen atoms in total. The third-order valence-electron chi connectivity index (χ3n) is 4.04. The molecule has 0 fully saturated rings. The molecule has 0 aliphatic rings. The number of tetrazole rings is 1. The number of hydrogen-bond acceptors (Lipinski definition) is 7. The number of nitrogens with zero attached hydrogens (tertiary/aromatic N) is 6. The molecule has 0 saturated carbocycles. The molecule has 3 rings (SSSR count). The van der Waals surface area contributed by atoms with Crippen LogP contribution in [0.1, 0.15) is 24.5 Å². The highest BCUT2D eigenvalue weighted by atomic mass is 16.5. The van der Waals surface area contributed by atoms with Crippen LogP contribution in [0.25, 0.3) is 5.69 Å². The van der Waals surface area contributed by atoms with Gasteiger partial charge in [-0.25, -0.2) is 4.79 Å². The molecular weight excluding hydrogens is 338 g/mol. The minimum absolute atomic E-state index is 0.249. The number of benzene rings is 1. The SMILES string of the molecule is COc1cc(NC(=O)N(C)[C@H](C)c2ccon2)cc(-n2nnnc2C)c1. The van der Waals surface area contributed by atoms with Gasteiger partial charge < -0.3 is 19.5 Å². The van der Waals surface area contributed by atoms with E-state index >= 15 is 0 Å². The summed E-state index contributed by atoms with van der Waals surface area (Å²) in [6.07, 6.45) is 1.47. The van der Waals surface area contributed by atoms with E-state index in [0.29, 0.717) is 28.6 Å². The molecular formula is C16H19N7O3. The minimum atomic E-state index is -0.298. The van der Waals surface area contributed by atoms with Gasteiger partial charge in [0, 0.05) is 30.9 Å². The van der Waals surface area contributed by atoms with Crippen LogP contribution in [-0.4, -0.2) is 50.5 Å². The molecule has 0 saturated heterocycles. The van der Waals surface area contributed by atoms with Gasteiger partial charge in [-0.05, 0) is 30.3 Å². The van der Waals surface area contributed by atoms with E-state index in [4.69, 9.17) is 9.26 Å². The second kappa shape index (κ2) is 7.21.